The monoisotopic (exact) mass is 608 g/mol. The predicted octanol–water partition coefficient (Wildman–Crippen LogP) is 6.37. The van der Waals surface area contributed by atoms with E-state index in [1.807, 2.05) is 29.2 Å². The molecule has 1 fully saturated rings. The molecule has 2 N–H and O–H groups in total. The molecule has 1 aliphatic rings. The summed E-state index contributed by atoms with van der Waals surface area (Å²) in [5, 5.41) is 7.33. The number of nitrogens with zero attached hydrogens (tertiary/aromatic N) is 2. The third-order valence-electron chi connectivity index (χ3n) is 8.48. The molecule has 4 aromatic rings. The first-order chi connectivity index (χ1) is 21.4. The molecule has 44 heavy (non-hydrogen) atoms. The highest BCUT2D eigenvalue weighted by molar-refractivity contribution is 6.30. The summed E-state index contributed by atoms with van der Waals surface area (Å²) in [6, 6.07) is 32.0. The SMILES string of the molecule is Cc1ccc(C)n1CC[C@@H]1N[C@H](CNC(=O)C=Cc2ccc(Cl)cc2)CCN(CC(c2ccccc2)c2ccccc2)C1=O. The van der Waals surface area contributed by atoms with Gasteiger partial charge in [0.15, 0.2) is 0 Å². The number of carbonyl (C=O) groups is 2. The Morgan fingerprint density at radius 2 is 1.55 bits per heavy atom. The maximum absolute atomic E-state index is 14.2. The van der Waals surface area contributed by atoms with Crippen molar-refractivity contribution in [3.05, 3.63) is 136 Å². The van der Waals surface area contributed by atoms with Crippen molar-refractivity contribution in [1.29, 1.82) is 0 Å². The van der Waals surface area contributed by atoms with Crippen LogP contribution in [0.25, 0.3) is 6.08 Å². The molecule has 0 spiro atoms. The highest BCUT2D eigenvalue weighted by Gasteiger charge is 2.32. The Hall–Kier alpha value is -4.13. The fourth-order valence-corrected chi connectivity index (χ4v) is 6.09. The fraction of sp³-hybridized carbons (Fsp3) is 0.297. The molecule has 5 rings (SSSR count). The molecule has 1 aromatic heterocycles. The fourth-order valence-electron chi connectivity index (χ4n) is 5.96. The van der Waals surface area contributed by atoms with Gasteiger partial charge in [-0.2, -0.15) is 0 Å². The van der Waals surface area contributed by atoms with Crippen molar-refractivity contribution >= 4 is 29.5 Å². The molecule has 1 aliphatic heterocycles. The van der Waals surface area contributed by atoms with Gasteiger partial charge in [0.25, 0.3) is 0 Å². The summed E-state index contributed by atoms with van der Waals surface area (Å²) in [7, 11) is 0. The van der Waals surface area contributed by atoms with Crippen LogP contribution >= 0.6 is 11.6 Å². The van der Waals surface area contributed by atoms with Gasteiger partial charge in [0, 0.05) is 60.6 Å². The molecule has 0 aliphatic carbocycles. The quantitative estimate of drug-likeness (QED) is 0.195. The first-order valence-electron chi connectivity index (χ1n) is 15.4. The van der Waals surface area contributed by atoms with Gasteiger partial charge >= 0.3 is 0 Å². The van der Waals surface area contributed by atoms with Gasteiger partial charge in [-0.3, -0.25) is 9.59 Å². The van der Waals surface area contributed by atoms with Crippen LogP contribution in [0, 0.1) is 13.8 Å². The van der Waals surface area contributed by atoms with Crippen molar-refractivity contribution in [3.63, 3.8) is 0 Å². The minimum Gasteiger partial charge on any atom is -0.351 e. The Balaban J connectivity index is 1.32. The summed E-state index contributed by atoms with van der Waals surface area (Å²) in [4.78, 5) is 28.9. The number of halogens is 1. The molecule has 0 bridgehead atoms. The highest BCUT2D eigenvalue weighted by atomic mass is 35.5. The summed E-state index contributed by atoms with van der Waals surface area (Å²) < 4.78 is 2.26. The van der Waals surface area contributed by atoms with Gasteiger partial charge in [0.2, 0.25) is 11.8 Å². The Morgan fingerprint density at radius 3 is 2.16 bits per heavy atom. The van der Waals surface area contributed by atoms with Crippen LogP contribution in [0.3, 0.4) is 0 Å². The van der Waals surface area contributed by atoms with Crippen molar-refractivity contribution in [3.8, 4) is 0 Å². The summed E-state index contributed by atoms with van der Waals surface area (Å²) in [5.74, 6) is 0.00326. The first kappa shape index (κ1) is 31.3. The number of hydrogen-bond acceptors (Lipinski definition) is 3. The normalized spacial score (nSPS) is 17.3. The lowest BCUT2D eigenvalue weighted by Gasteiger charge is -2.29. The molecule has 7 heteroatoms. The molecule has 2 atom stereocenters. The number of aromatic nitrogens is 1. The lowest BCUT2D eigenvalue weighted by molar-refractivity contribution is -0.133. The Kier molecular flexibility index (Phi) is 10.7. The van der Waals surface area contributed by atoms with E-state index in [9.17, 15) is 9.59 Å². The molecular weight excluding hydrogens is 568 g/mol. The first-order valence-corrected chi connectivity index (χ1v) is 15.7. The standard InChI is InChI=1S/C37H41ClN4O2/c1-27-13-14-28(2)42(27)24-22-35-37(44)41(26-34(30-9-5-3-6-10-30)31-11-7-4-8-12-31)23-21-33(40-35)25-39-36(43)20-17-29-15-18-32(38)19-16-29/h3-20,33-35,40H,21-26H2,1-2H3,(H,39,43)/t33-,35-/m0/s1. The topological polar surface area (TPSA) is 66.4 Å². The third kappa shape index (κ3) is 8.28. The molecule has 0 radical (unpaired) electrons. The van der Waals surface area contributed by atoms with Crippen LogP contribution in [0.1, 0.15) is 46.8 Å². The van der Waals surface area contributed by atoms with Gasteiger partial charge in [-0.15, -0.1) is 0 Å². The number of aryl methyl sites for hydroxylation is 2. The Morgan fingerprint density at radius 1 is 0.932 bits per heavy atom. The number of hydrogen-bond donors (Lipinski definition) is 2. The summed E-state index contributed by atoms with van der Waals surface area (Å²) >= 11 is 5.97. The van der Waals surface area contributed by atoms with Crippen molar-refractivity contribution in [2.45, 2.75) is 51.2 Å². The number of benzene rings is 3. The molecule has 3 aromatic carbocycles. The summed E-state index contributed by atoms with van der Waals surface area (Å²) in [6.45, 7) is 6.58. The van der Waals surface area contributed by atoms with Crippen molar-refractivity contribution in [2.24, 2.45) is 0 Å². The zero-order valence-electron chi connectivity index (χ0n) is 25.5. The molecule has 0 saturated carbocycles. The average Bonchev–Trinajstić information content (AvgIpc) is 3.29. The molecule has 0 unspecified atom stereocenters. The molecule has 1 saturated heterocycles. The van der Waals surface area contributed by atoms with Crippen LogP contribution in [-0.4, -0.2) is 53.0 Å². The van der Waals surface area contributed by atoms with Crippen LogP contribution in [0.4, 0.5) is 0 Å². The number of rotatable bonds is 11. The average molecular weight is 609 g/mol. The molecule has 6 nitrogen and oxygen atoms in total. The maximum atomic E-state index is 14.2. The molecule has 2 heterocycles. The second-order valence-corrected chi connectivity index (χ2v) is 12.0. The lowest BCUT2D eigenvalue weighted by atomic mass is 9.90. The molecular formula is C37H41ClN4O2. The van der Waals surface area contributed by atoms with E-state index in [-0.39, 0.29) is 29.8 Å². The van der Waals surface area contributed by atoms with Crippen LogP contribution in [0.2, 0.25) is 5.02 Å². The smallest absolute Gasteiger partial charge is 0.244 e. The van der Waals surface area contributed by atoms with E-state index >= 15 is 0 Å². The van der Waals surface area contributed by atoms with Gasteiger partial charge in [0.1, 0.15) is 0 Å². The van der Waals surface area contributed by atoms with E-state index in [0.717, 1.165) is 18.5 Å². The largest absolute Gasteiger partial charge is 0.351 e. The lowest BCUT2D eigenvalue weighted by Crippen LogP contribution is -2.49. The van der Waals surface area contributed by atoms with E-state index in [1.165, 1.54) is 28.6 Å². The van der Waals surface area contributed by atoms with Crippen LogP contribution < -0.4 is 10.6 Å². The van der Waals surface area contributed by atoms with Crippen LogP contribution in [-0.2, 0) is 16.1 Å². The van der Waals surface area contributed by atoms with Gasteiger partial charge in [-0.25, -0.2) is 0 Å². The third-order valence-corrected chi connectivity index (χ3v) is 8.73. The second-order valence-electron chi connectivity index (χ2n) is 11.5. The highest BCUT2D eigenvalue weighted by Crippen LogP contribution is 2.27. The summed E-state index contributed by atoms with van der Waals surface area (Å²) in [5.41, 5.74) is 5.65. The van der Waals surface area contributed by atoms with Crippen molar-refractivity contribution in [2.75, 3.05) is 19.6 Å². The predicted molar refractivity (Wildman–Crippen MR) is 179 cm³/mol. The zero-order valence-corrected chi connectivity index (χ0v) is 26.2. The van der Waals surface area contributed by atoms with Crippen LogP contribution in [0.15, 0.2) is 103 Å². The van der Waals surface area contributed by atoms with E-state index in [4.69, 9.17) is 11.6 Å². The maximum Gasteiger partial charge on any atom is 0.244 e. The van der Waals surface area contributed by atoms with Gasteiger partial charge in [-0.1, -0.05) is 84.4 Å². The van der Waals surface area contributed by atoms with E-state index in [0.29, 0.717) is 31.1 Å². The summed E-state index contributed by atoms with van der Waals surface area (Å²) in [6.07, 6.45) is 4.71. The Labute approximate surface area is 265 Å². The van der Waals surface area contributed by atoms with Crippen LogP contribution in [0.5, 0.6) is 0 Å². The number of nitrogens with one attached hydrogen (secondary N) is 2. The number of carbonyl (C=O) groups excluding carboxylic acids is 2. The van der Waals surface area contributed by atoms with Crippen molar-refractivity contribution < 1.29 is 9.59 Å². The zero-order chi connectivity index (χ0) is 30.9. The van der Waals surface area contributed by atoms with E-state index in [2.05, 4.69) is 89.7 Å². The van der Waals surface area contributed by atoms with Gasteiger partial charge in [-0.05, 0) is 73.7 Å². The molecule has 228 valence electrons. The van der Waals surface area contributed by atoms with E-state index in [1.54, 1.807) is 18.2 Å². The second kappa shape index (κ2) is 15.0. The minimum atomic E-state index is -0.364. The number of amides is 2. The van der Waals surface area contributed by atoms with Crippen molar-refractivity contribution in [1.82, 2.24) is 20.1 Å². The molecule has 2 amide bonds. The van der Waals surface area contributed by atoms with Gasteiger partial charge < -0.3 is 20.1 Å². The van der Waals surface area contributed by atoms with Gasteiger partial charge in [0.05, 0.1) is 6.04 Å². The minimum absolute atomic E-state index is 0.0411. The van der Waals surface area contributed by atoms with E-state index < -0.39 is 0 Å². The Bertz CT molecular complexity index is 1490.